The maximum atomic E-state index is 12.7. The van der Waals surface area contributed by atoms with Gasteiger partial charge in [-0.15, -0.1) is 0 Å². The van der Waals surface area contributed by atoms with Crippen molar-refractivity contribution in [1.29, 1.82) is 0 Å². The zero-order chi connectivity index (χ0) is 16.9. The molecule has 1 atom stereocenters. The molecule has 3 heterocycles. The monoisotopic (exact) mass is 327 g/mol. The number of fused-ring (bicyclic) bond motifs is 1. The smallest absolute Gasteiger partial charge is 0.272 e. The minimum atomic E-state index is -0.104. The highest BCUT2D eigenvalue weighted by Crippen LogP contribution is 2.41. The maximum absolute atomic E-state index is 12.7. The lowest BCUT2D eigenvalue weighted by molar-refractivity contribution is 0.0921. The minimum Gasteiger partial charge on any atom is -0.346 e. The number of carbonyl (C=O) groups is 1. The Kier molecular flexibility index (Phi) is 3.51. The standard InChI is InChI=1S/C18H25N5O/c1-18(2,3)23-15(12-4-5-12)10-14(21-23)17(24)20-13-6-7-16-19-8-9-22(16)11-13/h8-10,12-13H,4-7,11H2,1-3H3,(H,20,24)/t13-/m0/s1. The predicted octanol–water partition coefficient (Wildman–Crippen LogP) is 2.46. The predicted molar refractivity (Wildman–Crippen MR) is 91.0 cm³/mol. The molecule has 0 spiro atoms. The van der Waals surface area contributed by atoms with Gasteiger partial charge in [0.25, 0.3) is 5.91 Å². The zero-order valence-electron chi connectivity index (χ0n) is 14.6. The molecule has 6 heteroatoms. The van der Waals surface area contributed by atoms with E-state index in [2.05, 4.69) is 40.7 Å². The third-order valence-electron chi connectivity index (χ3n) is 4.87. The van der Waals surface area contributed by atoms with Gasteiger partial charge in [-0.2, -0.15) is 5.10 Å². The summed E-state index contributed by atoms with van der Waals surface area (Å²) in [5, 5.41) is 7.78. The lowest BCUT2D eigenvalue weighted by Crippen LogP contribution is -2.41. The summed E-state index contributed by atoms with van der Waals surface area (Å²) < 4.78 is 4.16. The second kappa shape index (κ2) is 5.46. The van der Waals surface area contributed by atoms with E-state index in [1.54, 1.807) is 0 Å². The van der Waals surface area contributed by atoms with Crippen LogP contribution in [0.1, 0.15) is 68.0 Å². The molecule has 0 saturated heterocycles. The summed E-state index contributed by atoms with van der Waals surface area (Å²) in [6, 6.07) is 2.13. The van der Waals surface area contributed by atoms with Gasteiger partial charge >= 0.3 is 0 Å². The van der Waals surface area contributed by atoms with Crippen molar-refractivity contribution in [1.82, 2.24) is 24.6 Å². The van der Waals surface area contributed by atoms with Gasteiger partial charge in [0.15, 0.2) is 0 Å². The Labute approximate surface area is 142 Å². The second-order valence-corrected chi connectivity index (χ2v) is 8.02. The highest BCUT2D eigenvalue weighted by atomic mass is 16.2. The number of hydrogen-bond acceptors (Lipinski definition) is 3. The van der Waals surface area contributed by atoms with Crippen LogP contribution in [0.25, 0.3) is 0 Å². The number of aryl methyl sites for hydroxylation is 1. The van der Waals surface area contributed by atoms with Gasteiger partial charge in [0.1, 0.15) is 11.5 Å². The van der Waals surface area contributed by atoms with Gasteiger partial charge in [0.05, 0.1) is 5.54 Å². The first-order valence-corrected chi connectivity index (χ1v) is 8.83. The number of aromatic nitrogens is 4. The quantitative estimate of drug-likeness (QED) is 0.942. The summed E-state index contributed by atoms with van der Waals surface area (Å²) in [7, 11) is 0. The van der Waals surface area contributed by atoms with Gasteiger partial charge in [-0.1, -0.05) is 0 Å². The van der Waals surface area contributed by atoms with Gasteiger partial charge in [-0.3, -0.25) is 9.48 Å². The van der Waals surface area contributed by atoms with Crippen LogP contribution in [-0.4, -0.2) is 31.3 Å². The molecule has 24 heavy (non-hydrogen) atoms. The largest absolute Gasteiger partial charge is 0.346 e. The van der Waals surface area contributed by atoms with Crippen molar-refractivity contribution in [2.45, 2.75) is 70.5 Å². The van der Waals surface area contributed by atoms with Crippen molar-refractivity contribution in [2.24, 2.45) is 0 Å². The van der Waals surface area contributed by atoms with E-state index in [-0.39, 0.29) is 17.5 Å². The van der Waals surface area contributed by atoms with Gasteiger partial charge in [0, 0.05) is 43.0 Å². The summed E-state index contributed by atoms with van der Waals surface area (Å²) >= 11 is 0. The van der Waals surface area contributed by atoms with Crippen LogP contribution in [0.3, 0.4) is 0 Å². The van der Waals surface area contributed by atoms with Crippen molar-refractivity contribution in [3.63, 3.8) is 0 Å². The Bertz CT molecular complexity index is 763. The molecule has 0 radical (unpaired) electrons. The number of amides is 1. The summed E-state index contributed by atoms with van der Waals surface area (Å²) in [5.41, 5.74) is 1.64. The first-order chi connectivity index (χ1) is 11.4. The number of carbonyl (C=O) groups excluding carboxylic acids is 1. The highest BCUT2D eigenvalue weighted by Gasteiger charge is 2.33. The molecule has 4 rings (SSSR count). The lowest BCUT2D eigenvalue weighted by Gasteiger charge is -2.24. The lowest BCUT2D eigenvalue weighted by atomic mass is 10.1. The fourth-order valence-corrected chi connectivity index (χ4v) is 3.46. The van der Waals surface area contributed by atoms with Crippen LogP contribution in [-0.2, 0) is 18.5 Å². The Morgan fingerprint density at radius 3 is 2.79 bits per heavy atom. The minimum absolute atomic E-state index is 0.0616. The topological polar surface area (TPSA) is 64.7 Å². The van der Waals surface area contributed by atoms with Gasteiger partial charge in [0.2, 0.25) is 0 Å². The summed E-state index contributed by atoms with van der Waals surface area (Å²) in [6.45, 7) is 7.19. The third kappa shape index (κ3) is 2.85. The van der Waals surface area contributed by atoms with E-state index < -0.39 is 0 Å². The normalized spacial score (nSPS) is 20.7. The van der Waals surface area contributed by atoms with Gasteiger partial charge in [-0.05, 0) is 46.1 Å². The van der Waals surface area contributed by atoms with Gasteiger partial charge < -0.3 is 9.88 Å². The Morgan fingerprint density at radius 1 is 1.29 bits per heavy atom. The van der Waals surface area contributed by atoms with Crippen LogP contribution in [0.5, 0.6) is 0 Å². The molecular weight excluding hydrogens is 302 g/mol. The van der Waals surface area contributed by atoms with Gasteiger partial charge in [-0.25, -0.2) is 4.98 Å². The fraction of sp³-hybridized carbons (Fsp3) is 0.611. The molecule has 0 bridgehead atoms. The van der Waals surface area contributed by atoms with Crippen molar-refractivity contribution in [3.05, 3.63) is 35.7 Å². The molecular formula is C18H25N5O. The highest BCUT2D eigenvalue weighted by molar-refractivity contribution is 5.92. The van der Waals surface area contributed by atoms with Crippen LogP contribution in [0.15, 0.2) is 18.5 Å². The molecule has 0 unspecified atom stereocenters. The summed E-state index contributed by atoms with van der Waals surface area (Å²) in [6.07, 6.45) is 8.04. The van der Waals surface area contributed by atoms with Crippen molar-refractivity contribution in [2.75, 3.05) is 0 Å². The van der Waals surface area contributed by atoms with Crippen LogP contribution >= 0.6 is 0 Å². The molecule has 1 fully saturated rings. The number of hydrogen-bond donors (Lipinski definition) is 1. The molecule has 1 aliphatic heterocycles. The average molecular weight is 327 g/mol. The van der Waals surface area contributed by atoms with E-state index in [1.165, 1.54) is 18.5 Å². The van der Waals surface area contributed by atoms with E-state index in [9.17, 15) is 4.79 Å². The first kappa shape index (κ1) is 15.4. The Hall–Kier alpha value is -2.11. The second-order valence-electron chi connectivity index (χ2n) is 8.02. The van der Waals surface area contributed by atoms with E-state index in [0.29, 0.717) is 11.6 Å². The van der Waals surface area contributed by atoms with E-state index in [0.717, 1.165) is 25.2 Å². The SMILES string of the molecule is CC(C)(C)n1nc(C(=O)N[C@H]2CCc3nccn3C2)cc1C1CC1. The molecule has 1 amide bonds. The average Bonchev–Trinajstić information content (AvgIpc) is 3.09. The van der Waals surface area contributed by atoms with Crippen LogP contribution in [0.4, 0.5) is 0 Å². The number of rotatable bonds is 3. The summed E-state index contributed by atoms with van der Waals surface area (Å²) in [4.78, 5) is 17.0. The fourth-order valence-electron chi connectivity index (χ4n) is 3.46. The van der Waals surface area contributed by atoms with E-state index in [1.807, 2.05) is 23.1 Å². The Morgan fingerprint density at radius 2 is 2.08 bits per heavy atom. The first-order valence-electron chi connectivity index (χ1n) is 8.83. The molecule has 1 aliphatic carbocycles. The molecule has 6 nitrogen and oxygen atoms in total. The molecule has 1 N–H and O–H groups in total. The maximum Gasteiger partial charge on any atom is 0.272 e. The number of imidazole rings is 1. The molecule has 128 valence electrons. The molecule has 2 aromatic rings. The van der Waals surface area contributed by atoms with Crippen LogP contribution in [0.2, 0.25) is 0 Å². The van der Waals surface area contributed by atoms with Crippen LogP contribution in [0, 0.1) is 0 Å². The van der Waals surface area contributed by atoms with Crippen molar-refractivity contribution < 1.29 is 4.79 Å². The van der Waals surface area contributed by atoms with Crippen molar-refractivity contribution >= 4 is 5.91 Å². The molecule has 1 saturated carbocycles. The van der Waals surface area contributed by atoms with E-state index >= 15 is 0 Å². The number of nitrogens with zero attached hydrogens (tertiary/aromatic N) is 4. The summed E-state index contributed by atoms with van der Waals surface area (Å²) in [5.74, 6) is 1.61. The van der Waals surface area contributed by atoms with Crippen LogP contribution < -0.4 is 5.32 Å². The molecule has 2 aliphatic rings. The van der Waals surface area contributed by atoms with Crippen molar-refractivity contribution in [3.8, 4) is 0 Å². The third-order valence-corrected chi connectivity index (χ3v) is 4.87. The Balaban J connectivity index is 1.51. The number of nitrogens with one attached hydrogen (secondary N) is 1. The molecule has 0 aromatic carbocycles. The molecule has 2 aromatic heterocycles. The zero-order valence-corrected chi connectivity index (χ0v) is 14.6. The van der Waals surface area contributed by atoms with E-state index in [4.69, 9.17) is 0 Å².